The minimum absolute atomic E-state index is 0.0818. The molecule has 0 spiro atoms. The number of fused-ring (bicyclic) bond motifs is 2. The smallest absolute Gasteiger partial charge is 0.344 e. The fourth-order valence-corrected chi connectivity index (χ4v) is 3.81. The van der Waals surface area contributed by atoms with Gasteiger partial charge in [0, 0.05) is 12.5 Å². The van der Waals surface area contributed by atoms with Crippen LogP contribution in [0.3, 0.4) is 0 Å². The van der Waals surface area contributed by atoms with Gasteiger partial charge in [-0.2, -0.15) is 0 Å². The summed E-state index contributed by atoms with van der Waals surface area (Å²) in [5, 5.41) is 9.67. The molecule has 2 heterocycles. The van der Waals surface area contributed by atoms with Crippen LogP contribution in [-0.4, -0.2) is 43.1 Å². The van der Waals surface area contributed by atoms with Crippen molar-refractivity contribution in [3.8, 4) is 5.75 Å². The summed E-state index contributed by atoms with van der Waals surface area (Å²) in [5.41, 5.74) is 1.05. The van der Waals surface area contributed by atoms with E-state index in [1.807, 2.05) is 24.3 Å². The lowest BCUT2D eigenvalue weighted by Crippen LogP contribution is -2.31. The Labute approximate surface area is 136 Å². The van der Waals surface area contributed by atoms with Crippen molar-refractivity contribution in [2.24, 2.45) is 11.8 Å². The molecule has 3 rings (SSSR count). The van der Waals surface area contributed by atoms with Crippen LogP contribution in [-0.2, 0) is 20.7 Å². The van der Waals surface area contributed by atoms with Gasteiger partial charge in [-0.05, 0) is 43.7 Å². The van der Waals surface area contributed by atoms with Crippen molar-refractivity contribution < 1.29 is 24.1 Å². The van der Waals surface area contributed by atoms with Gasteiger partial charge in [-0.1, -0.05) is 18.2 Å². The molecular weight excluding hydrogens is 296 g/mol. The van der Waals surface area contributed by atoms with Crippen LogP contribution in [0.5, 0.6) is 5.75 Å². The van der Waals surface area contributed by atoms with Gasteiger partial charge >= 0.3 is 5.97 Å². The van der Waals surface area contributed by atoms with Crippen LogP contribution in [0.15, 0.2) is 24.3 Å². The Morgan fingerprint density at radius 3 is 2.74 bits per heavy atom. The maximum absolute atomic E-state index is 11.5. The Morgan fingerprint density at radius 1 is 1.26 bits per heavy atom. The van der Waals surface area contributed by atoms with Crippen molar-refractivity contribution in [2.45, 2.75) is 38.4 Å². The Bertz CT molecular complexity index is 544. The Kier molecular flexibility index (Phi) is 5.18. The maximum Gasteiger partial charge on any atom is 0.344 e. The van der Waals surface area contributed by atoms with E-state index >= 15 is 0 Å². The number of benzene rings is 1. The van der Waals surface area contributed by atoms with Gasteiger partial charge in [-0.15, -0.1) is 0 Å². The molecule has 2 bridgehead atoms. The van der Waals surface area contributed by atoms with Crippen molar-refractivity contribution in [1.82, 2.24) is 0 Å². The molecule has 1 aromatic rings. The number of aliphatic hydroxyl groups is 1. The van der Waals surface area contributed by atoms with Gasteiger partial charge in [0.1, 0.15) is 5.75 Å². The van der Waals surface area contributed by atoms with Crippen molar-refractivity contribution in [1.29, 1.82) is 0 Å². The van der Waals surface area contributed by atoms with Crippen molar-refractivity contribution >= 4 is 5.97 Å². The zero-order valence-electron chi connectivity index (χ0n) is 13.4. The standard InChI is InChI=1S/C18H24O5/c1-2-21-18(20)11-22-15-6-4-3-5-12(15)9-13-14(10-19)17-8-7-16(13)23-17/h3-6,13-14,16-17,19H,2,7-11H2,1H3. The molecule has 23 heavy (non-hydrogen) atoms. The highest BCUT2D eigenvalue weighted by molar-refractivity contribution is 5.71. The van der Waals surface area contributed by atoms with Crippen LogP contribution in [0.2, 0.25) is 0 Å². The average molecular weight is 320 g/mol. The summed E-state index contributed by atoms with van der Waals surface area (Å²) >= 11 is 0. The van der Waals surface area contributed by atoms with Gasteiger partial charge in [0.2, 0.25) is 0 Å². The molecule has 2 aliphatic rings. The summed E-state index contributed by atoms with van der Waals surface area (Å²) in [6, 6.07) is 7.75. The average Bonchev–Trinajstić information content (AvgIpc) is 3.15. The predicted molar refractivity (Wildman–Crippen MR) is 84.2 cm³/mol. The zero-order valence-corrected chi connectivity index (χ0v) is 13.4. The molecule has 0 aliphatic carbocycles. The fraction of sp³-hybridized carbons (Fsp3) is 0.611. The first-order chi connectivity index (χ1) is 11.2. The molecule has 2 aliphatic heterocycles. The second-order valence-electron chi connectivity index (χ2n) is 6.21. The van der Waals surface area contributed by atoms with E-state index in [0.717, 1.165) is 24.8 Å². The molecule has 0 aromatic heterocycles. The van der Waals surface area contributed by atoms with E-state index in [4.69, 9.17) is 14.2 Å². The molecule has 5 nitrogen and oxygen atoms in total. The third kappa shape index (κ3) is 3.51. The van der Waals surface area contributed by atoms with E-state index in [1.54, 1.807) is 6.92 Å². The number of rotatable bonds is 7. The van der Waals surface area contributed by atoms with Crippen LogP contribution >= 0.6 is 0 Å². The quantitative estimate of drug-likeness (QED) is 0.778. The van der Waals surface area contributed by atoms with E-state index in [-0.39, 0.29) is 37.3 Å². The fourth-order valence-electron chi connectivity index (χ4n) is 3.81. The van der Waals surface area contributed by atoms with Crippen LogP contribution in [0, 0.1) is 11.8 Å². The molecule has 1 N–H and O–H groups in total. The number of para-hydroxylation sites is 1. The molecule has 0 amide bonds. The first-order valence-electron chi connectivity index (χ1n) is 8.35. The van der Waals surface area contributed by atoms with Crippen LogP contribution in [0.4, 0.5) is 0 Å². The molecule has 4 unspecified atom stereocenters. The SMILES string of the molecule is CCOC(=O)COc1ccccc1CC1C2CCC(O2)C1CO. The van der Waals surface area contributed by atoms with Crippen LogP contribution in [0.25, 0.3) is 0 Å². The van der Waals surface area contributed by atoms with Crippen LogP contribution in [0.1, 0.15) is 25.3 Å². The summed E-state index contributed by atoms with van der Waals surface area (Å²) in [6.45, 7) is 2.21. The van der Waals surface area contributed by atoms with Gasteiger partial charge < -0.3 is 19.3 Å². The lowest BCUT2D eigenvalue weighted by molar-refractivity contribution is -0.145. The molecule has 126 valence electrons. The molecule has 0 saturated carbocycles. The predicted octanol–water partition coefficient (Wildman–Crippen LogP) is 1.96. The summed E-state index contributed by atoms with van der Waals surface area (Å²) in [7, 11) is 0. The van der Waals surface area contributed by atoms with Gasteiger partial charge in [0.05, 0.1) is 18.8 Å². The second-order valence-corrected chi connectivity index (χ2v) is 6.21. The van der Waals surface area contributed by atoms with E-state index in [0.29, 0.717) is 18.3 Å². The largest absolute Gasteiger partial charge is 0.482 e. The summed E-state index contributed by atoms with van der Waals surface area (Å²) in [6.07, 6.45) is 3.34. The highest BCUT2D eigenvalue weighted by atomic mass is 16.6. The summed E-state index contributed by atoms with van der Waals surface area (Å²) < 4.78 is 16.5. The summed E-state index contributed by atoms with van der Waals surface area (Å²) in [5.74, 6) is 0.858. The molecule has 1 aromatic carbocycles. The number of aliphatic hydroxyl groups excluding tert-OH is 1. The van der Waals surface area contributed by atoms with Gasteiger partial charge in [-0.3, -0.25) is 0 Å². The van der Waals surface area contributed by atoms with Crippen LogP contribution < -0.4 is 4.74 Å². The molecular formula is C18H24O5. The molecule has 5 heteroatoms. The first kappa shape index (κ1) is 16.3. The second kappa shape index (κ2) is 7.32. The lowest BCUT2D eigenvalue weighted by atomic mass is 9.76. The molecule has 2 saturated heterocycles. The van der Waals surface area contributed by atoms with Gasteiger partial charge in [0.25, 0.3) is 0 Å². The lowest BCUT2D eigenvalue weighted by Gasteiger charge is -2.27. The number of carbonyl (C=O) groups is 1. The van der Waals surface area contributed by atoms with Gasteiger partial charge in [0.15, 0.2) is 6.61 Å². The third-order valence-electron chi connectivity index (χ3n) is 4.88. The van der Waals surface area contributed by atoms with Gasteiger partial charge in [-0.25, -0.2) is 4.79 Å². The topological polar surface area (TPSA) is 65.0 Å². The Balaban J connectivity index is 1.67. The highest BCUT2D eigenvalue weighted by Gasteiger charge is 2.48. The highest BCUT2D eigenvalue weighted by Crippen LogP contribution is 2.45. The van der Waals surface area contributed by atoms with E-state index < -0.39 is 0 Å². The van der Waals surface area contributed by atoms with E-state index in [1.165, 1.54) is 0 Å². The number of ether oxygens (including phenoxy) is 3. The van der Waals surface area contributed by atoms with Crippen molar-refractivity contribution in [3.63, 3.8) is 0 Å². The van der Waals surface area contributed by atoms with Crippen molar-refractivity contribution in [3.05, 3.63) is 29.8 Å². The molecule has 4 atom stereocenters. The number of hydrogen-bond donors (Lipinski definition) is 1. The third-order valence-corrected chi connectivity index (χ3v) is 4.88. The number of esters is 1. The number of hydrogen-bond acceptors (Lipinski definition) is 5. The molecule has 0 radical (unpaired) electrons. The summed E-state index contributed by atoms with van der Waals surface area (Å²) in [4.78, 5) is 11.5. The minimum atomic E-state index is -0.362. The first-order valence-corrected chi connectivity index (χ1v) is 8.35. The zero-order chi connectivity index (χ0) is 16.2. The minimum Gasteiger partial charge on any atom is -0.482 e. The normalized spacial score (nSPS) is 28.8. The maximum atomic E-state index is 11.5. The van der Waals surface area contributed by atoms with E-state index in [9.17, 15) is 9.90 Å². The monoisotopic (exact) mass is 320 g/mol. The van der Waals surface area contributed by atoms with E-state index in [2.05, 4.69) is 0 Å². The van der Waals surface area contributed by atoms with Crippen molar-refractivity contribution in [2.75, 3.05) is 19.8 Å². The Hall–Kier alpha value is -1.59. The Morgan fingerprint density at radius 2 is 2.00 bits per heavy atom. The molecule has 2 fully saturated rings. The number of carbonyl (C=O) groups excluding carboxylic acids is 1.